The third-order valence-corrected chi connectivity index (χ3v) is 6.80. The highest BCUT2D eigenvalue weighted by Gasteiger charge is 2.22. The highest BCUT2D eigenvalue weighted by atomic mass is 32.2. The molecular formula is C19H21NO5S2. The van der Waals surface area contributed by atoms with Crippen LogP contribution in [0, 0.1) is 5.92 Å². The van der Waals surface area contributed by atoms with Crippen LogP contribution < -0.4 is 5.32 Å². The van der Waals surface area contributed by atoms with Crippen LogP contribution in [0.3, 0.4) is 0 Å². The summed E-state index contributed by atoms with van der Waals surface area (Å²) in [5.41, 5.74) is 1.36. The Hall–Kier alpha value is -2.19. The number of ether oxygens (including phenoxy) is 1. The Morgan fingerprint density at radius 2 is 2.04 bits per heavy atom. The second-order valence-electron chi connectivity index (χ2n) is 6.80. The van der Waals surface area contributed by atoms with Gasteiger partial charge in [-0.1, -0.05) is 19.1 Å². The molecule has 0 aliphatic heterocycles. The van der Waals surface area contributed by atoms with Crippen LogP contribution in [-0.4, -0.2) is 33.2 Å². The van der Waals surface area contributed by atoms with E-state index >= 15 is 0 Å². The lowest BCUT2D eigenvalue weighted by Gasteiger charge is -2.16. The maximum Gasteiger partial charge on any atom is 0.348 e. The zero-order chi connectivity index (χ0) is 19.6. The van der Waals surface area contributed by atoms with Crippen LogP contribution in [0.15, 0.2) is 35.2 Å². The van der Waals surface area contributed by atoms with Gasteiger partial charge in [-0.05, 0) is 48.9 Å². The normalized spacial score (nSPS) is 16.4. The molecule has 0 saturated heterocycles. The fraction of sp³-hybridized carbons (Fsp3) is 0.368. The Bertz CT molecular complexity index is 978. The molecule has 0 unspecified atom stereocenters. The SMILES string of the molecule is C[C@@H]1CCc2sc(C(=O)OCC(=O)Nc3ccccc3S(C)(=O)=O)cc2C1. The number of aryl methyl sites for hydroxylation is 1. The molecule has 0 spiro atoms. The van der Waals surface area contributed by atoms with Gasteiger partial charge in [0, 0.05) is 11.1 Å². The number of carbonyl (C=O) groups excluding carboxylic acids is 2. The van der Waals surface area contributed by atoms with Crippen LogP contribution >= 0.6 is 11.3 Å². The third-order valence-electron chi connectivity index (χ3n) is 4.43. The maximum atomic E-state index is 12.2. The van der Waals surface area contributed by atoms with E-state index in [1.165, 1.54) is 33.9 Å². The first-order valence-corrected chi connectivity index (χ1v) is 11.3. The van der Waals surface area contributed by atoms with Crippen molar-refractivity contribution in [3.8, 4) is 0 Å². The summed E-state index contributed by atoms with van der Waals surface area (Å²) in [5.74, 6) is -0.514. The number of nitrogens with one attached hydrogen (secondary N) is 1. The van der Waals surface area contributed by atoms with E-state index in [0.717, 1.165) is 25.5 Å². The van der Waals surface area contributed by atoms with Crippen molar-refractivity contribution in [3.05, 3.63) is 45.6 Å². The van der Waals surface area contributed by atoms with E-state index in [1.54, 1.807) is 12.1 Å². The van der Waals surface area contributed by atoms with Gasteiger partial charge in [-0.2, -0.15) is 0 Å². The molecule has 144 valence electrons. The Kier molecular flexibility index (Phi) is 5.67. The molecule has 2 aromatic rings. The maximum absolute atomic E-state index is 12.2. The van der Waals surface area contributed by atoms with Crippen molar-refractivity contribution in [2.24, 2.45) is 5.92 Å². The van der Waals surface area contributed by atoms with Crippen molar-refractivity contribution in [1.82, 2.24) is 0 Å². The zero-order valence-corrected chi connectivity index (χ0v) is 16.8. The first-order valence-electron chi connectivity index (χ1n) is 8.61. The van der Waals surface area contributed by atoms with Gasteiger partial charge in [0.05, 0.1) is 10.6 Å². The van der Waals surface area contributed by atoms with Crippen molar-refractivity contribution >= 4 is 38.7 Å². The number of fused-ring (bicyclic) bond motifs is 1. The van der Waals surface area contributed by atoms with Gasteiger partial charge in [0.15, 0.2) is 16.4 Å². The zero-order valence-electron chi connectivity index (χ0n) is 15.2. The van der Waals surface area contributed by atoms with Gasteiger partial charge in [0.1, 0.15) is 4.88 Å². The number of sulfone groups is 1. The van der Waals surface area contributed by atoms with Crippen LogP contribution in [-0.2, 0) is 32.2 Å². The number of hydrogen-bond donors (Lipinski definition) is 1. The van der Waals surface area contributed by atoms with Crippen molar-refractivity contribution in [1.29, 1.82) is 0 Å². The number of carbonyl (C=O) groups is 2. The van der Waals surface area contributed by atoms with Crippen LogP contribution in [0.4, 0.5) is 5.69 Å². The molecule has 27 heavy (non-hydrogen) atoms. The minimum Gasteiger partial charge on any atom is -0.451 e. The molecule has 1 aliphatic rings. The largest absolute Gasteiger partial charge is 0.451 e. The van der Waals surface area contributed by atoms with E-state index in [1.807, 2.05) is 6.07 Å². The number of esters is 1. The molecule has 1 aromatic heterocycles. The molecule has 6 nitrogen and oxygen atoms in total. The first kappa shape index (κ1) is 19.6. The third kappa shape index (κ3) is 4.75. The lowest BCUT2D eigenvalue weighted by molar-refractivity contribution is -0.119. The van der Waals surface area contributed by atoms with Gasteiger partial charge in [-0.3, -0.25) is 4.79 Å². The number of hydrogen-bond acceptors (Lipinski definition) is 6. The van der Waals surface area contributed by atoms with Gasteiger partial charge in [-0.15, -0.1) is 11.3 Å². The van der Waals surface area contributed by atoms with Gasteiger partial charge in [0.25, 0.3) is 5.91 Å². The summed E-state index contributed by atoms with van der Waals surface area (Å²) < 4.78 is 28.6. The van der Waals surface area contributed by atoms with E-state index < -0.39 is 28.3 Å². The highest BCUT2D eigenvalue weighted by Crippen LogP contribution is 2.32. The minimum absolute atomic E-state index is 0.0183. The van der Waals surface area contributed by atoms with Gasteiger partial charge in [-0.25, -0.2) is 13.2 Å². The lowest BCUT2D eigenvalue weighted by Crippen LogP contribution is -2.21. The fourth-order valence-corrected chi connectivity index (χ4v) is 5.03. The standard InChI is InChI=1S/C19H21NO5S2/c1-12-7-8-15-13(9-12)10-16(26-15)19(22)25-11-18(21)20-14-5-3-4-6-17(14)27(2,23)24/h3-6,10,12H,7-9,11H2,1-2H3,(H,20,21)/t12-/m1/s1. The summed E-state index contributed by atoms with van der Waals surface area (Å²) in [6.07, 6.45) is 4.11. The average molecular weight is 408 g/mol. The molecule has 0 radical (unpaired) electrons. The minimum atomic E-state index is -3.48. The lowest BCUT2D eigenvalue weighted by atomic mass is 9.90. The van der Waals surface area contributed by atoms with Crippen molar-refractivity contribution in [3.63, 3.8) is 0 Å². The van der Waals surface area contributed by atoms with E-state index in [9.17, 15) is 18.0 Å². The Morgan fingerprint density at radius 1 is 1.30 bits per heavy atom. The number of amides is 1. The number of thiophene rings is 1. The summed E-state index contributed by atoms with van der Waals surface area (Å²) in [7, 11) is -3.48. The van der Waals surface area contributed by atoms with Gasteiger partial charge in [0.2, 0.25) is 0 Å². The smallest absolute Gasteiger partial charge is 0.348 e. The fourth-order valence-electron chi connectivity index (χ4n) is 3.09. The summed E-state index contributed by atoms with van der Waals surface area (Å²) in [6.45, 7) is 1.72. The molecule has 1 aliphatic carbocycles. The molecule has 3 rings (SSSR count). The van der Waals surface area contributed by atoms with Crippen LogP contribution in [0.25, 0.3) is 0 Å². The monoisotopic (exact) mass is 407 g/mol. The van der Waals surface area contributed by atoms with Gasteiger partial charge < -0.3 is 10.1 Å². The summed E-state index contributed by atoms with van der Waals surface area (Å²) in [6, 6.07) is 7.95. The number of benzene rings is 1. The molecule has 0 saturated carbocycles. The Morgan fingerprint density at radius 3 is 2.78 bits per heavy atom. The summed E-state index contributed by atoms with van der Waals surface area (Å²) in [5, 5.41) is 2.49. The van der Waals surface area contributed by atoms with Crippen LogP contribution in [0.5, 0.6) is 0 Å². The molecule has 0 bridgehead atoms. The number of rotatable bonds is 5. The van der Waals surface area contributed by atoms with E-state index in [0.29, 0.717) is 10.8 Å². The van der Waals surface area contributed by atoms with E-state index in [2.05, 4.69) is 12.2 Å². The molecule has 1 atom stereocenters. The summed E-state index contributed by atoms with van der Waals surface area (Å²) in [4.78, 5) is 26.1. The predicted molar refractivity (Wildman–Crippen MR) is 104 cm³/mol. The van der Waals surface area contributed by atoms with Gasteiger partial charge >= 0.3 is 5.97 Å². The highest BCUT2D eigenvalue weighted by molar-refractivity contribution is 7.90. The topological polar surface area (TPSA) is 89.5 Å². The quantitative estimate of drug-likeness (QED) is 0.770. The molecular weight excluding hydrogens is 386 g/mol. The van der Waals surface area contributed by atoms with Crippen molar-refractivity contribution < 1.29 is 22.7 Å². The first-order chi connectivity index (χ1) is 12.7. The molecule has 0 fully saturated rings. The second kappa shape index (κ2) is 7.82. The number of anilines is 1. The Balaban J connectivity index is 1.61. The van der Waals surface area contributed by atoms with Crippen molar-refractivity contribution in [2.75, 3.05) is 18.2 Å². The molecule has 1 N–H and O–H groups in total. The predicted octanol–water partition coefficient (Wildman–Crippen LogP) is 3.07. The molecule has 1 heterocycles. The molecule has 1 aromatic carbocycles. The molecule has 8 heteroatoms. The Labute approximate surface area is 162 Å². The number of para-hydroxylation sites is 1. The van der Waals surface area contributed by atoms with E-state index in [4.69, 9.17) is 4.74 Å². The molecule has 1 amide bonds. The van der Waals surface area contributed by atoms with E-state index in [-0.39, 0.29) is 10.6 Å². The average Bonchev–Trinajstić information content (AvgIpc) is 3.02. The van der Waals surface area contributed by atoms with Crippen LogP contribution in [0.2, 0.25) is 0 Å². The van der Waals surface area contributed by atoms with Crippen LogP contribution in [0.1, 0.15) is 33.5 Å². The summed E-state index contributed by atoms with van der Waals surface area (Å²) >= 11 is 1.42. The van der Waals surface area contributed by atoms with Crippen molar-refractivity contribution in [2.45, 2.75) is 31.1 Å². The second-order valence-corrected chi connectivity index (χ2v) is 9.92.